The van der Waals surface area contributed by atoms with Crippen LogP contribution in [0.4, 0.5) is 5.13 Å². The monoisotopic (exact) mass is 553 g/mol. The van der Waals surface area contributed by atoms with E-state index in [1.54, 1.807) is 29.4 Å². The second kappa shape index (κ2) is 11.4. The molecule has 4 aromatic rings. The molecule has 2 aromatic carbocycles. The van der Waals surface area contributed by atoms with Gasteiger partial charge < -0.3 is 4.42 Å². The summed E-state index contributed by atoms with van der Waals surface area (Å²) >= 11 is 1.46. The number of rotatable bonds is 10. The number of hydrogen-bond acceptors (Lipinski definition) is 6. The molecule has 0 N–H and O–H groups in total. The number of anilines is 1. The third-order valence-electron chi connectivity index (χ3n) is 6.18. The highest BCUT2D eigenvalue weighted by atomic mass is 32.2. The molecule has 0 unspecified atom stereocenters. The van der Waals surface area contributed by atoms with Crippen molar-refractivity contribution in [2.75, 3.05) is 18.0 Å². The van der Waals surface area contributed by atoms with Crippen molar-refractivity contribution >= 4 is 42.6 Å². The molecule has 0 saturated heterocycles. The van der Waals surface area contributed by atoms with Crippen molar-refractivity contribution in [3.63, 3.8) is 0 Å². The molecule has 0 spiro atoms. The Kier molecular flexibility index (Phi) is 8.40. The third kappa shape index (κ3) is 6.00. The first-order valence-electron chi connectivity index (χ1n) is 12.8. The van der Waals surface area contributed by atoms with Gasteiger partial charge in [0.2, 0.25) is 10.0 Å². The summed E-state index contributed by atoms with van der Waals surface area (Å²) in [5.41, 5.74) is 3.39. The Bertz CT molecular complexity index is 1460. The molecule has 2 heterocycles. The van der Waals surface area contributed by atoms with Crippen LogP contribution in [0.15, 0.2) is 64.1 Å². The van der Waals surface area contributed by atoms with Crippen molar-refractivity contribution < 1.29 is 17.6 Å². The number of carbonyl (C=O) groups excluding carboxylic acids is 1. The summed E-state index contributed by atoms with van der Waals surface area (Å²) < 4.78 is 35.0. The van der Waals surface area contributed by atoms with Gasteiger partial charge in [0.25, 0.3) is 5.91 Å². The number of sulfonamides is 1. The van der Waals surface area contributed by atoms with Crippen molar-refractivity contribution in [1.29, 1.82) is 0 Å². The van der Waals surface area contributed by atoms with Gasteiger partial charge in [0.15, 0.2) is 5.13 Å². The highest BCUT2D eigenvalue weighted by Gasteiger charge is 2.28. The van der Waals surface area contributed by atoms with Crippen LogP contribution in [-0.2, 0) is 16.6 Å². The van der Waals surface area contributed by atoms with Crippen LogP contribution in [0.1, 0.15) is 54.9 Å². The standard InChI is InChI=1S/C29H35N3O4S2/c1-19(2)16-31(17-20(3)4)38(34,35)25-13-11-23(12-14-25)28(33)32(18-24-8-7-15-36-24)29-30-26-21(5)9-10-22(6)27(26)37-29/h7-15,19-20H,16-18H2,1-6H3. The second-order valence-electron chi connectivity index (χ2n) is 10.5. The Balaban J connectivity index is 1.68. The maximum absolute atomic E-state index is 13.8. The van der Waals surface area contributed by atoms with Gasteiger partial charge in [0, 0.05) is 18.7 Å². The fraction of sp³-hybridized carbons (Fsp3) is 0.379. The van der Waals surface area contributed by atoms with Gasteiger partial charge in [-0.15, -0.1) is 0 Å². The molecule has 0 aliphatic heterocycles. The summed E-state index contributed by atoms with van der Waals surface area (Å²) in [6.07, 6.45) is 1.57. The molecule has 0 bridgehead atoms. The summed E-state index contributed by atoms with van der Waals surface area (Å²) in [5.74, 6) is 0.741. The molecule has 9 heteroatoms. The number of carbonyl (C=O) groups is 1. The van der Waals surface area contributed by atoms with Crippen molar-refractivity contribution in [3.8, 4) is 0 Å². The van der Waals surface area contributed by atoms with E-state index < -0.39 is 10.0 Å². The van der Waals surface area contributed by atoms with Crippen LogP contribution >= 0.6 is 11.3 Å². The van der Waals surface area contributed by atoms with Crippen LogP contribution in [0.2, 0.25) is 0 Å². The van der Waals surface area contributed by atoms with Gasteiger partial charge in [-0.05, 0) is 73.2 Å². The number of benzene rings is 2. The van der Waals surface area contributed by atoms with Crippen molar-refractivity contribution in [2.24, 2.45) is 11.8 Å². The van der Waals surface area contributed by atoms with Gasteiger partial charge in [0.1, 0.15) is 5.76 Å². The number of aryl methyl sites for hydroxylation is 2. The average Bonchev–Trinajstić information content (AvgIpc) is 3.54. The van der Waals surface area contributed by atoms with Crippen molar-refractivity contribution in [1.82, 2.24) is 9.29 Å². The molecular formula is C29H35N3O4S2. The minimum Gasteiger partial charge on any atom is -0.467 e. The zero-order chi connectivity index (χ0) is 27.6. The van der Waals surface area contributed by atoms with Crippen LogP contribution in [0.5, 0.6) is 0 Å². The maximum Gasteiger partial charge on any atom is 0.260 e. The summed E-state index contributed by atoms with van der Waals surface area (Å²) in [4.78, 5) is 20.4. The van der Waals surface area contributed by atoms with E-state index >= 15 is 0 Å². The van der Waals surface area contributed by atoms with E-state index in [1.807, 2.05) is 53.7 Å². The van der Waals surface area contributed by atoms with Gasteiger partial charge >= 0.3 is 0 Å². The molecule has 0 aliphatic carbocycles. The predicted molar refractivity (Wildman–Crippen MR) is 153 cm³/mol. The van der Waals surface area contributed by atoms with Crippen LogP contribution in [0, 0.1) is 25.7 Å². The molecule has 1 amide bonds. The normalized spacial score (nSPS) is 12.2. The molecule has 7 nitrogen and oxygen atoms in total. The Hall–Kier alpha value is -3.01. The van der Waals surface area contributed by atoms with Gasteiger partial charge in [-0.2, -0.15) is 4.31 Å². The van der Waals surface area contributed by atoms with Gasteiger partial charge in [-0.3, -0.25) is 9.69 Å². The molecule has 0 fully saturated rings. The van der Waals surface area contributed by atoms with Crippen LogP contribution in [0.3, 0.4) is 0 Å². The molecule has 0 radical (unpaired) electrons. The van der Waals surface area contributed by atoms with E-state index in [0.717, 1.165) is 21.3 Å². The lowest BCUT2D eigenvalue weighted by atomic mass is 10.1. The molecular weight excluding hydrogens is 518 g/mol. The van der Waals surface area contributed by atoms with E-state index in [2.05, 4.69) is 6.07 Å². The molecule has 0 saturated carbocycles. The van der Waals surface area contributed by atoms with Crippen molar-refractivity contribution in [3.05, 3.63) is 77.2 Å². The molecule has 0 aliphatic rings. The molecule has 2 aromatic heterocycles. The Labute approximate surface area is 229 Å². The minimum absolute atomic E-state index is 0.180. The predicted octanol–water partition coefficient (Wildman–Crippen LogP) is 6.66. The maximum atomic E-state index is 13.8. The van der Waals surface area contributed by atoms with Gasteiger partial charge in [-0.25, -0.2) is 13.4 Å². The van der Waals surface area contributed by atoms with E-state index in [1.165, 1.54) is 27.8 Å². The first kappa shape index (κ1) is 28.0. The molecule has 202 valence electrons. The fourth-order valence-electron chi connectivity index (χ4n) is 4.31. The lowest BCUT2D eigenvalue weighted by Crippen LogP contribution is -2.37. The lowest BCUT2D eigenvalue weighted by molar-refractivity contribution is 0.0983. The summed E-state index contributed by atoms with van der Waals surface area (Å²) in [6.45, 7) is 13.1. The first-order valence-corrected chi connectivity index (χ1v) is 15.0. The van der Waals surface area contributed by atoms with Crippen LogP contribution in [0.25, 0.3) is 10.2 Å². The zero-order valence-corrected chi connectivity index (χ0v) is 24.4. The van der Waals surface area contributed by atoms with E-state index in [0.29, 0.717) is 29.5 Å². The summed E-state index contributed by atoms with van der Waals surface area (Å²) in [7, 11) is -3.69. The van der Waals surface area contributed by atoms with Crippen molar-refractivity contribution in [2.45, 2.75) is 53.0 Å². The van der Waals surface area contributed by atoms with Crippen LogP contribution < -0.4 is 4.90 Å². The first-order chi connectivity index (χ1) is 18.0. The Morgan fingerprint density at radius 1 is 0.947 bits per heavy atom. The Morgan fingerprint density at radius 3 is 2.13 bits per heavy atom. The van der Waals surface area contributed by atoms with Gasteiger partial charge in [-0.1, -0.05) is 51.2 Å². The number of furan rings is 1. The van der Waals surface area contributed by atoms with E-state index in [9.17, 15) is 13.2 Å². The molecule has 4 rings (SSSR count). The smallest absolute Gasteiger partial charge is 0.260 e. The fourth-order valence-corrected chi connectivity index (χ4v) is 7.18. The summed E-state index contributed by atoms with van der Waals surface area (Å²) in [5, 5.41) is 0.565. The lowest BCUT2D eigenvalue weighted by Gasteiger charge is -2.25. The second-order valence-corrected chi connectivity index (χ2v) is 13.4. The van der Waals surface area contributed by atoms with Gasteiger partial charge in [0.05, 0.1) is 27.9 Å². The molecule has 38 heavy (non-hydrogen) atoms. The Morgan fingerprint density at radius 2 is 1.58 bits per heavy atom. The topological polar surface area (TPSA) is 83.7 Å². The third-order valence-corrected chi connectivity index (χ3v) is 9.24. The number of amides is 1. The highest BCUT2D eigenvalue weighted by molar-refractivity contribution is 7.89. The number of thiazole rings is 1. The van der Waals surface area contributed by atoms with E-state index in [4.69, 9.17) is 9.40 Å². The number of nitrogens with zero attached hydrogens (tertiary/aromatic N) is 3. The average molecular weight is 554 g/mol. The minimum atomic E-state index is -3.69. The number of aromatic nitrogens is 1. The quantitative estimate of drug-likeness (QED) is 0.219. The largest absolute Gasteiger partial charge is 0.467 e. The number of hydrogen-bond donors (Lipinski definition) is 0. The number of fused-ring (bicyclic) bond motifs is 1. The molecule has 0 atom stereocenters. The van der Waals surface area contributed by atoms with Crippen LogP contribution in [-0.4, -0.2) is 36.7 Å². The van der Waals surface area contributed by atoms with E-state index in [-0.39, 0.29) is 29.2 Å². The SMILES string of the molecule is Cc1ccc(C)c2sc(N(Cc3ccco3)C(=O)c3ccc(S(=O)(=O)N(CC(C)C)CC(C)C)cc3)nc12. The summed E-state index contributed by atoms with van der Waals surface area (Å²) in [6, 6.07) is 13.9. The zero-order valence-electron chi connectivity index (χ0n) is 22.8. The highest BCUT2D eigenvalue weighted by Crippen LogP contribution is 2.34.